The number of carbonyl (C=O) groups excluding carboxylic acids is 1. The Labute approximate surface area is 142 Å². The number of aryl methyl sites for hydroxylation is 1. The molecule has 0 radical (unpaired) electrons. The fourth-order valence-corrected chi connectivity index (χ4v) is 2.87. The molecule has 24 heavy (non-hydrogen) atoms. The summed E-state index contributed by atoms with van der Waals surface area (Å²) in [6, 6.07) is 12.6. The Bertz CT molecular complexity index is 846. The molecule has 7 heteroatoms. The number of hydrogen-bond acceptors (Lipinski definition) is 6. The first-order chi connectivity index (χ1) is 11.7. The third-order valence-corrected chi connectivity index (χ3v) is 4.24. The summed E-state index contributed by atoms with van der Waals surface area (Å²) in [5, 5.41) is 9.25. The Balaban J connectivity index is 1.67. The van der Waals surface area contributed by atoms with Gasteiger partial charge in [0.05, 0.1) is 0 Å². The summed E-state index contributed by atoms with van der Waals surface area (Å²) in [7, 11) is 0. The third kappa shape index (κ3) is 3.81. The van der Waals surface area contributed by atoms with Gasteiger partial charge >= 0.3 is 0 Å². The number of nitrogens with one attached hydrogen (secondary N) is 1. The van der Waals surface area contributed by atoms with Crippen LogP contribution in [0.2, 0.25) is 0 Å². The molecule has 0 saturated heterocycles. The van der Waals surface area contributed by atoms with Crippen molar-refractivity contribution in [3.63, 3.8) is 0 Å². The lowest BCUT2D eigenvalue weighted by Crippen LogP contribution is -2.18. The second kappa shape index (κ2) is 7.29. The maximum atomic E-state index is 11.3. The highest BCUT2D eigenvalue weighted by molar-refractivity contribution is 7.98. The minimum atomic E-state index is -0.529. The first-order valence-electron chi connectivity index (χ1n) is 7.22. The average molecular weight is 341 g/mol. The average Bonchev–Trinajstić information content (AvgIpc) is 3.06. The zero-order valence-corrected chi connectivity index (χ0v) is 13.7. The molecule has 0 aliphatic carbocycles. The van der Waals surface area contributed by atoms with Gasteiger partial charge in [0.15, 0.2) is 10.9 Å². The van der Waals surface area contributed by atoms with Crippen molar-refractivity contribution < 1.29 is 14.4 Å². The lowest BCUT2D eigenvalue weighted by Gasteiger charge is -2.04. The number of amides is 1. The Morgan fingerprint density at radius 1 is 1.21 bits per heavy atom. The number of aromatic nitrogens is 2. The van der Waals surface area contributed by atoms with E-state index in [1.165, 1.54) is 11.8 Å². The first kappa shape index (κ1) is 16.2. The van der Waals surface area contributed by atoms with Gasteiger partial charge in [0.1, 0.15) is 11.5 Å². The number of hydrogen-bond donors (Lipinski definition) is 2. The predicted octanol–water partition coefficient (Wildman–Crippen LogP) is 3.46. The summed E-state index contributed by atoms with van der Waals surface area (Å²) in [5.74, 6) is 1.70. The summed E-state index contributed by atoms with van der Waals surface area (Å²) in [4.78, 5) is 20.0. The molecule has 2 heterocycles. The Hall–Kier alpha value is -2.64. The fourth-order valence-electron chi connectivity index (χ4n) is 2.08. The Morgan fingerprint density at radius 2 is 2.00 bits per heavy atom. The van der Waals surface area contributed by atoms with Crippen molar-refractivity contribution in [1.82, 2.24) is 15.4 Å². The van der Waals surface area contributed by atoms with Crippen molar-refractivity contribution in [2.24, 2.45) is 0 Å². The molecule has 0 fully saturated rings. The van der Waals surface area contributed by atoms with Gasteiger partial charge in [0, 0.05) is 17.5 Å². The van der Waals surface area contributed by atoms with Crippen LogP contribution < -0.4 is 5.48 Å². The molecule has 0 bridgehead atoms. The Kier molecular flexibility index (Phi) is 4.93. The second-order valence-electron chi connectivity index (χ2n) is 5.06. The van der Waals surface area contributed by atoms with Crippen molar-refractivity contribution in [1.29, 1.82) is 0 Å². The molecule has 1 amide bonds. The van der Waals surface area contributed by atoms with E-state index in [4.69, 9.17) is 9.62 Å². The fraction of sp³-hybridized carbons (Fsp3) is 0.118. The number of nitrogens with zero attached hydrogens (tertiary/aromatic N) is 2. The van der Waals surface area contributed by atoms with E-state index < -0.39 is 5.91 Å². The lowest BCUT2D eigenvalue weighted by molar-refractivity contribution is 0.0706. The molecule has 3 aromatic rings. The summed E-state index contributed by atoms with van der Waals surface area (Å²) < 4.78 is 5.58. The first-order valence-corrected chi connectivity index (χ1v) is 8.20. The molecule has 0 spiro atoms. The van der Waals surface area contributed by atoms with Crippen LogP contribution in [0, 0.1) is 6.92 Å². The summed E-state index contributed by atoms with van der Waals surface area (Å²) in [5.41, 5.74) is 3.78. The maximum absolute atomic E-state index is 11.3. The predicted molar refractivity (Wildman–Crippen MR) is 89.7 cm³/mol. The van der Waals surface area contributed by atoms with Crippen LogP contribution in [0.25, 0.3) is 11.5 Å². The van der Waals surface area contributed by atoms with Crippen LogP contribution in [0.1, 0.15) is 21.7 Å². The van der Waals surface area contributed by atoms with Crippen LogP contribution >= 0.6 is 11.8 Å². The van der Waals surface area contributed by atoms with Crippen LogP contribution in [0.15, 0.2) is 58.2 Å². The SMILES string of the molecule is Cc1ccc(-c2ccnc(SCc3ccc(C(=O)NO)cc3)n2)o1. The molecule has 0 saturated carbocycles. The van der Waals surface area contributed by atoms with Gasteiger partial charge in [-0.25, -0.2) is 15.4 Å². The normalized spacial score (nSPS) is 10.6. The van der Waals surface area contributed by atoms with Gasteiger partial charge < -0.3 is 4.42 Å². The summed E-state index contributed by atoms with van der Waals surface area (Å²) in [6.07, 6.45) is 1.71. The highest BCUT2D eigenvalue weighted by Gasteiger charge is 2.07. The number of benzene rings is 1. The van der Waals surface area contributed by atoms with Crippen molar-refractivity contribution in [3.8, 4) is 11.5 Å². The summed E-state index contributed by atoms with van der Waals surface area (Å²) in [6.45, 7) is 1.89. The minimum Gasteiger partial charge on any atom is -0.460 e. The number of carbonyl (C=O) groups is 1. The van der Waals surface area contributed by atoms with Gasteiger partial charge in [0.25, 0.3) is 5.91 Å². The standard InChI is InChI=1S/C17H15N3O3S/c1-11-2-7-15(23-11)14-8-9-18-17(19-14)24-10-12-3-5-13(6-4-12)16(21)20-22/h2-9,22H,10H2,1H3,(H,20,21). The number of thioether (sulfide) groups is 1. The molecule has 3 rings (SSSR count). The molecule has 122 valence electrons. The van der Waals surface area contributed by atoms with E-state index in [0.717, 1.165) is 22.8 Å². The van der Waals surface area contributed by atoms with Crippen molar-refractivity contribution in [2.45, 2.75) is 17.8 Å². The number of hydroxylamine groups is 1. The molecule has 6 nitrogen and oxygen atoms in total. The quantitative estimate of drug-likeness (QED) is 0.320. The van der Waals surface area contributed by atoms with Gasteiger partial charge in [0.2, 0.25) is 0 Å². The van der Waals surface area contributed by atoms with Crippen LogP contribution in [0.4, 0.5) is 0 Å². The Morgan fingerprint density at radius 3 is 2.67 bits per heavy atom. The number of furan rings is 1. The topological polar surface area (TPSA) is 88.2 Å². The maximum Gasteiger partial charge on any atom is 0.274 e. The molecule has 0 aliphatic heterocycles. The molecule has 2 aromatic heterocycles. The zero-order chi connectivity index (χ0) is 16.9. The largest absolute Gasteiger partial charge is 0.460 e. The molecule has 0 aliphatic rings. The zero-order valence-electron chi connectivity index (χ0n) is 12.9. The molecule has 0 unspecified atom stereocenters. The van der Waals surface area contributed by atoms with Crippen LogP contribution in [-0.4, -0.2) is 21.1 Å². The monoisotopic (exact) mass is 341 g/mol. The number of rotatable bonds is 5. The van der Waals surface area contributed by atoms with Gasteiger partial charge in [-0.2, -0.15) is 0 Å². The van der Waals surface area contributed by atoms with E-state index in [-0.39, 0.29) is 0 Å². The van der Waals surface area contributed by atoms with Gasteiger partial charge in [-0.15, -0.1) is 0 Å². The highest BCUT2D eigenvalue weighted by atomic mass is 32.2. The van der Waals surface area contributed by atoms with E-state index in [1.54, 1.807) is 23.8 Å². The van der Waals surface area contributed by atoms with Gasteiger partial charge in [-0.1, -0.05) is 23.9 Å². The van der Waals surface area contributed by atoms with E-state index in [1.807, 2.05) is 37.3 Å². The second-order valence-corrected chi connectivity index (χ2v) is 6.00. The molecule has 2 N–H and O–H groups in total. The van der Waals surface area contributed by atoms with E-state index in [9.17, 15) is 4.79 Å². The molecule has 0 atom stereocenters. The third-order valence-electron chi connectivity index (χ3n) is 3.31. The molecule has 1 aromatic carbocycles. The van der Waals surface area contributed by atoms with E-state index >= 15 is 0 Å². The minimum absolute atomic E-state index is 0.401. The molecular formula is C17H15N3O3S. The van der Waals surface area contributed by atoms with Crippen molar-refractivity contribution in [2.75, 3.05) is 0 Å². The van der Waals surface area contributed by atoms with Crippen molar-refractivity contribution in [3.05, 3.63) is 65.5 Å². The van der Waals surface area contributed by atoms with Gasteiger partial charge in [-0.3, -0.25) is 10.0 Å². The van der Waals surface area contributed by atoms with Gasteiger partial charge in [-0.05, 0) is 42.8 Å². The van der Waals surface area contributed by atoms with Crippen LogP contribution in [0.3, 0.4) is 0 Å². The lowest BCUT2D eigenvalue weighted by atomic mass is 10.1. The smallest absolute Gasteiger partial charge is 0.274 e. The van der Waals surface area contributed by atoms with E-state index in [0.29, 0.717) is 16.5 Å². The summed E-state index contributed by atoms with van der Waals surface area (Å²) >= 11 is 1.50. The molecular weight excluding hydrogens is 326 g/mol. The van der Waals surface area contributed by atoms with Crippen LogP contribution in [0.5, 0.6) is 0 Å². The van der Waals surface area contributed by atoms with Crippen LogP contribution in [-0.2, 0) is 5.75 Å². The highest BCUT2D eigenvalue weighted by Crippen LogP contribution is 2.24. The van der Waals surface area contributed by atoms with Crippen molar-refractivity contribution >= 4 is 17.7 Å². The van der Waals surface area contributed by atoms with E-state index in [2.05, 4.69) is 9.97 Å².